The molecule has 11 heteroatoms. The molecule has 2 aliphatic heterocycles. The van der Waals surface area contributed by atoms with Crippen molar-refractivity contribution in [2.45, 2.75) is 10.8 Å². The zero-order valence-electron chi connectivity index (χ0n) is 19.2. The molecule has 0 aliphatic carbocycles. The SMILES string of the molecule is CS(=O)(=O)N1CCN(C(=O)N2C[C@H](CSc3ccc(C#N)cc3)[C@@H](c3ccc(Cl)c(Cl)c3)C2)CC1. The van der Waals surface area contributed by atoms with E-state index in [-0.39, 0.29) is 17.9 Å². The second-order valence-electron chi connectivity index (χ2n) is 8.82. The van der Waals surface area contributed by atoms with E-state index in [0.29, 0.717) is 54.9 Å². The lowest BCUT2D eigenvalue weighted by Crippen LogP contribution is -2.53. The third-order valence-corrected chi connectivity index (χ3v) is 9.75. The van der Waals surface area contributed by atoms with Crippen LogP contribution >= 0.6 is 35.0 Å². The molecule has 0 N–H and O–H groups in total. The summed E-state index contributed by atoms with van der Waals surface area (Å²) in [5.41, 5.74) is 1.67. The Labute approximate surface area is 220 Å². The number of carbonyl (C=O) groups is 1. The number of carbonyl (C=O) groups excluding carboxylic acids is 1. The monoisotopic (exact) mass is 552 g/mol. The first-order valence-corrected chi connectivity index (χ1v) is 14.8. The molecular formula is C24H26Cl2N4O3S2. The fourth-order valence-corrected chi connectivity index (χ4v) is 6.76. The van der Waals surface area contributed by atoms with Gasteiger partial charge in [0, 0.05) is 55.8 Å². The van der Waals surface area contributed by atoms with Crippen LogP contribution in [0.25, 0.3) is 0 Å². The predicted molar refractivity (Wildman–Crippen MR) is 140 cm³/mol. The van der Waals surface area contributed by atoms with E-state index < -0.39 is 10.0 Å². The summed E-state index contributed by atoms with van der Waals surface area (Å²) in [7, 11) is -3.26. The Bertz CT molecular complexity index is 1230. The van der Waals surface area contributed by atoms with Crippen LogP contribution in [0, 0.1) is 17.2 Å². The molecule has 0 unspecified atom stereocenters. The first kappa shape index (κ1) is 26.1. The topological polar surface area (TPSA) is 84.7 Å². The number of urea groups is 1. The van der Waals surface area contributed by atoms with Gasteiger partial charge in [0.05, 0.1) is 27.9 Å². The van der Waals surface area contributed by atoms with Crippen molar-refractivity contribution in [3.63, 3.8) is 0 Å². The van der Waals surface area contributed by atoms with E-state index in [1.165, 1.54) is 10.6 Å². The zero-order valence-corrected chi connectivity index (χ0v) is 22.4. The first-order valence-electron chi connectivity index (χ1n) is 11.2. The van der Waals surface area contributed by atoms with Crippen molar-refractivity contribution < 1.29 is 13.2 Å². The normalized spacial score (nSPS) is 21.2. The number of thioether (sulfide) groups is 1. The van der Waals surface area contributed by atoms with Gasteiger partial charge in [0.2, 0.25) is 10.0 Å². The van der Waals surface area contributed by atoms with Crippen LogP contribution in [0.3, 0.4) is 0 Å². The maximum Gasteiger partial charge on any atom is 0.320 e. The Balaban J connectivity index is 1.48. The Morgan fingerprint density at radius 2 is 1.71 bits per heavy atom. The molecule has 0 bridgehead atoms. The Morgan fingerprint density at radius 1 is 1.03 bits per heavy atom. The number of amides is 2. The second-order valence-corrected chi connectivity index (χ2v) is 12.7. The maximum atomic E-state index is 13.3. The fraction of sp³-hybridized carbons (Fsp3) is 0.417. The van der Waals surface area contributed by atoms with Crippen molar-refractivity contribution in [2.24, 2.45) is 5.92 Å². The summed E-state index contributed by atoms with van der Waals surface area (Å²) < 4.78 is 25.0. The van der Waals surface area contributed by atoms with Crippen LogP contribution in [0.2, 0.25) is 10.0 Å². The van der Waals surface area contributed by atoms with Gasteiger partial charge in [-0.15, -0.1) is 11.8 Å². The van der Waals surface area contributed by atoms with E-state index in [0.717, 1.165) is 16.2 Å². The number of hydrogen-bond acceptors (Lipinski definition) is 5. The highest BCUT2D eigenvalue weighted by Gasteiger charge is 2.39. The summed E-state index contributed by atoms with van der Waals surface area (Å²) in [4.78, 5) is 18.0. The smallest absolute Gasteiger partial charge is 0.320 e. The predicted octanol–water partition coefficient (Wildman–Crippen LogP) is 4.37. The van der Waals surface area contributed by atoms with E-state index in [9.17, 15) is 13.2 Å². The molecule has 186 valence electrons. The minimum atomic E-state index is -3.26. The lowest BCUT2D eigenvalue weighted by molar-refractivity contribution is 0.141. The molecule has 0 radical (unpaired) electrons. The number of nitriles is 1. The molecule has 2 aliphatic rings. The number of piperazine rings is 1. The second kappa shape index (κ2) is 11.0. The standard InChI is InChI=1S/C24H26Cl2N4O3S2/c1-35(32,33)30-10-8-28(9-11-30)24(31)29-14-19(16-34-20-5-2-17(13-27)3-6-20)21(15-29)18-4-7-22(25)23(26)12-18/h2-7,12,19,21H,8-11,14-16H2,1H3/t19-,21-/m1/s1. The van der Waals surface area contributed by atoms with Gasteiger partial charge in [0.25, 0.3) is 0 Å². The van der Waals surface area contributed by atoms with Gasteiger partial charge in [-0.05, 0) is 47.9 Å². The van der Waals surface area contributed by atoms with E-state index in [1.807, 2.05) is 29.2 Å². The number of sulfonamides is 1. The molecule has 2 fully saturated rings. The number of benzene rings is 2. The quantitative estimate of drug-likeness (QED) is 0.514. The third kappa shape index (κ3) is 6.25. The molecular weight excluding hydrogens is 527 g/mol. The van der Waals surface area contributed by atoms with Gasteiger partial charge in [0.1, 0.15) is 0 Å². The highest BCUT2D eigenvalue weighted by Crippen LogP contribution is 2.38. The van der Waals surface area contributed by atoms with Crippen molar-refractivity contribution in [3.8, 4) is 6.07 Å². The minimum Gasteiger partial charge on any atom is -0.324 e. The van der Waals surface area contributed by atoms with E-state index in [4.69, 9.17) is 28.5 Å². The number of nitrogens with zero attached hydrogens (tertiary/aromatic N) is 4. The van der Waals surface area contributed by atoms with Crippen molar-refractivity contribution in [1.82, 2.24) is 14.1 Å². The fourth-order valence-electron chi connectivity index (χ4n) is 4.56. The molecule has 2 atom stereocenters. The van der Waals surface area contributed by atoms with Crippen molar-refractivity contribution >= 4 is 51.0 Å². The maximum absolute atomic E-state index is 13.3. The molecule has 7 nitrogen and oxygen atoms in total. The molecule has 2 amide bonds. The van der Waals surface area contributed by atoms with Crippen LogP contribution in [0.15, 0.2) is 47.4 Å². The first-order chi connectivity index (χ1) is 16.7. The lowest BCUT2D eigenvalue weighted by atomic mass is 9.90. The molecule has 2 aromatic rings. The molecule has 4 rings (SSSR count). The van der Waals surface area contributed by atoms with E-state index in [1.54, 1.807) is 34.9 Å². The minimum absolute atomic E-state index is 0.0610. The highest BCUT2D eigenvalue weighted by molar-refractivity contribution is 7.99. The Kier molecular flexibility index (Phi) is 8.19. The largest absolute Gasteiger partial charge is 0.324 e. The van der Waals surface area contributed by atoms with Gasteiger partial charge >= 0.3 is 6.03 Å². The lowest BCUT2D eigenvalue weighted by Gasteiger charge is -2.35. The van der Waals surface area contributed by atoms with Gasteiger partial charge in [-0.3, -0.25) is 0 Å². The van der Waals surface area contributed by atoms with Crippen molar-refractivity contribution in [3.05, 3.63) is 63.6 Å². The average molecular weight is 554 g/mol. The average Bonchev–Trinajstić information content (AvgIpc) is 3.28. The number of likely N-dealkylation sites (tertiary alicyclic amines) is 1. The zero-order chi connectivity index (χ0) is 25.2. The summed E-state index contributed by atoms with van der Waals surface area (Å²) in [6.45, 7) is 2.54. The summed E-state index contributed by atoms with van der Waals surface area (Å²) in [6.07, 6.45) is 1.20. The highest BCUT2D eigenvalue weighted by atomic mass is 35.5. The van der Waals surface area contributed by atoms with Gasteiger partial charge in [-0.25, -0.2) is 13.2 Å². The van der Waals surface area contributed by atoms with Gasteiger partial charge in [0.15, 0.2) is 0 Å². The van der Waals surface area contributed by atoms with Crippen LogP contribution < -0.4 is 0 Å². The van der Waals surface area contributed by atoms with E-state index >= 15 is 0 Å². The molecule has 0 aromatic heterocycles. The van der Waals surface area contributed by atoms with Gasteiger partial charge in [-0.2, -0.15) is 9.57 Å². The Morgan fingerprint density at radius 3 is 2.31 bits per heavy atom. The van der Waals surface area contributed by atoms with Crippen LogP contribution in [0.1, 0.15) is 17.0 Å². The van der Waals surface area contributed by atoms with Crippen molar-refractivity contribution in [1.29, 1.82) is 5.26 Å². The molecule has 2 aromatic carbocycles. The molecule has 35 heavy (non-hydrogen) atoms. The molecule has 2 saturated heterocycles. The van der Waals surface area contributed by atoms with Crippen LogP contribution in [-0.4, -0.2) is 79.8 Å². The van der Waals surface area contributed by atoms with Gasteiger partial charge < -0.3 is 9.80 Å². The van der Waals surface area contributed by atoms with E-state index in [2.05, 4.69) is 6.07 Å². The van der Waals surface area contributed by atoms with Crippen LogP contribution in [0.4, 0.5) is 4.79 Å². The molecule has 0 spiro atoms. The van der Waals surface area contributed by atoms with Crippen LogP contribution in [-0.2, 0) is 10.0 Å². The summed E-state index contributed by atoms with van der Waals surface area (Å²) >= 11 is 14.1. The molecule has 2 heterocycles. The summed E-state index contributed by atoms with van der Waals surface area (Å²) in [6, 6.07) is 15.2. The van der Waals surface area contributed by atoms with Crippen LogP contribution in [0.5, 0.6) is 0 Å². The number of hydrogen-bond donors (Lipinski definition) is 0. The third-order valence-electron chi connectivity index (χ3n) is 6.51. The molecule has 0 saturated carbocycles. The Hall–Kier alpha value is -1.96. The number of rotatable bonds is 5. The number of halogens is 2. The summed E-state index contributed by atoms with van der Waals surface area (Å²) in [5, 5.41) is 10.0. The summed E-state index contributed by atoms with van der Waals surface area (Å²) in [5.74, 6) is 1.08. The van der Waals surface area contributed by atoms with Crippen molar-refractivity contribution in [2.75, 3.05) is 51.3 Å². The van der Waals surface area contributed by atoms with Gasteiger partial charge in [-0.1, -0.05) is 29.3 Å².